The highest BCUT2D eigenvalue weighted by Crippen LogP contribution is 2.36. The third-order valence-electron chi connectivity index (χ3n) is 3.46. The number of aromatic nitrogens is 2. The van der Waals surface area contributed by atoms with Crippen LogP contribution in [0.4, 0.5) is 11.6 Å². The fourth-order valence-corrected chi connectivity index (χ4v) is 2.32. The number of methoxy groups -OCH3 is 1. The number of aliphatic hydroxyl groups is 1. The Kier molecular flexibility index (Phi) is 4.79. The molecule has 106 valence electrons. The van der Waals surface area contributed by atoms with Gasteiger partial charge in [0.25, 0.3) is 0 Å². The second-order valence-corrected chi connectivity index (χ2v) is 4.61. The maximum absolute atomic E-state index is 9.26. The molecule has 6 nitrogen and oxygen atoms in total. The van der Waals surface area contributed by atoms with Crippen LogP contribution in [0.2, 0.25) is 0 Å². The van der Waals surface area contributed by atoms with Crippen molar-refractivity contribution >= 4 is 11.6 Å². The molecule has 2 N–H and O–H groups in total. The summed E-state index contributed by atoms with van der Waals surface area (Å²) in [5, 5.41) is 12.4. The average Bonchev–Trinajstić information content (AvgIpc) is 2.36. The highest BCUT2D eigenvalue weighted by molar-refractivity contribution is 5.65. The molecule has 0 radical (unpaired) electrons. The van der Waals surface area contributed by atoms with Crippen molar-refractivity contribution in [3.05, 3.63) is 6.33 Å². The molecule has 0 atom stereocenters. The Morgan fingerprint density at radius 2 is 2.26 bits per heavy atom. The molecule has 1 fully saturated rings. The van der Waals surface area contributed by atoms with E-state index in [0.717, 1.165) is 25.2 Å². The van der Waals surface area contributed by atoms with Crippen LogP contribution in [-0.4, -0.2) is 47.9 Å². The quantitative estimate of drug-likeness (QED) is 0.774. The molecule has 0 amide bonds. The fourth-order valence-electron chi connectivity index (χ4n) is 2.32. The van der Waals surface area contributed by atoms with Gasteiger partial charge in [0, 0.05) is 19.1 Å². The van der Waals surface area contributed by atoms with Gasteiger partial charge in [-0.2, -0.15) is 0 Å². The molecule has 0 bridgehead atoms. The summed E-state index contributed by atoms with van der Waals surface area (Å²) in [6.07, 6.45) is 5.06. The van der Waals surface area contributed by atoms with Crippen molar-refractivity contribution in [2.24, 2.45) is 0 Å². The number of ether oxygens (including phenoxy) is 1. The molecule has 0 unspecified atom stereocenters. The molecule has 1 heterocycles. The van der Waals surface area contributed by atoms with E-state index in [1.54, 1.807) is 13.4 Å². The molecule has 2 rings (SSSR count). The molecule has 19 heavy (non-hydrogen) atoms. The van der Waals surface area contributed by atoms with Gasteiger partial charge in [0.1, 0.15) is 6.33 Å². The van der Waals surface area contributed by atoms with Crippen LogP contribution in [0.5, 0.6) is 5.75 Å². The molecule has 6 heteroatoms. The highest BCUT2D eigenvalue weighted by Gasteiger charge is 2.28. The number of hydrogen-bond acceptors (Lipinski definition) is 6. The first kappa shape index (κ1) is 13.9. The summed E-state index contributed by atoms with van der Waals surface area (Å²) in [6.45, 7) is 3.47. The Balaban J connectivity index is 2.31. The molecule has 1 aromatic rings. The Morgan fingerprint density at radius 1 is 1.47 bits per heavy atom. The minimum Gasteiger partial charge on any atom is -0.490 e. The molecule has 0 spiro atoms. The Hall–Kier alpha value is -1.56. The minimum atomic E-state index is 0.111. The van der Waals surface area contributed by atoms with Gasteiger partial charge in [-0.05, 0) is 26.2 Å². The van der Waals surface area contributed by atoms with Crippen LogP contribution in [0.15, 0.2) is 6.33 Å². The SMILES string of the molecule is CCNc1ncnc(N(CCO)C2CCC2)c1OC. The number of anilines is 2. The van der Waals surface area contributed by atoms with Crippen molar-refractivity contribution in [2.45, 2.75) is 32.2 Å². The van der Waals surface area contributed by atoms with E-state index >= 15 is 0 Å². The molecular formula is C13H22N4O2. The summed E-state index contributed by atoms with van der Waals surface area (Å²) < 4.78 is 5.46. The predicted octanol–water partition coefficient (Wildman–Crippen LogP) is 1.27. The third-order valence-corrected chi connectivity index (χ3v) is 3.46. The van der Waals surface area contributed by atoms with E-state index in [-0.39, 0.29) is 6.61 Å². The van der Waals surface area contributed by atoms with Crippen LogP contribution in [0.1, 0.15) is 26.2 Å². The Morgan fingerprint density at radius 3 is 2.79 bits per heavy atom. The van der Waals surface area contributed by atoms with E-state index in [2.05, 4.69) is 20.2 Å². The number of rotatable bonds is 7. The summed E-state index contributed by atoms with van der Waals surface area (Å²) >= 11 is 0. The van der Waals surface area contributed by atoms with Gasteiger partial charge in [-0.3, -0.25) is 0 Å². The maximum Gasteiger partial charge on any atom is 0.204 e. The van der Waals surface area contributed by atoms with Crippen molar-refractivity contribution < 1.29 is 9.84 Å². The number of nitrogens with one attached hydrogen (secondary N) is 1. The second-order valence-electron chi connectivity index (χ2n) is 4.61. The first-order chi connectivity index (χ1) is 9.31. The summed E-state index contributed by atoms with van der Waals surface area (Å²) in [4.78, 5) is 10.7. The second kappa shape index (κ2) is 6.56. The van der Waals surface area contributed by atoms with Crippen molar-refractivity contribution in [2.75, 3.05) is 37.0 Å². The number of aliphatic hydroxyl groups excluding tert-OH is 1. The predicted molar refractivity (Wildman–Crippen MR) is 74.8 cm³/mol. The van der Waals surface area contributed by atoms with Gasteiger partial charge < -0.3 is 20.1 Å². The fraction of sp³-hybridized carbons (Fsp3) is 0.692. The normalized spacial score (nSPS) is 14.9. The molecule has 0 aliphatic heterocycles. The Bertz CT molecular complexity index is 410. The van der Waals surface area contributed by atoms with Gasteiger partial charge in [0.2, 0.25) is 5.75 Å². The van der Waals surface area contributed by atoms with E-state index in [0.29, 0.717) is 24.2 Å². The topological polar surface area (TPSA) is 70.5 Å². The monoisotopic (exact) mass is 266 g/mol. The van der Waals surface area contributed by atoms with E-state index in [4.69, 9.17) is 4.74 Å². The van der Waals surface area contributed by atoms with Gasteiger partial charge >= 0.3 is 0 Å². The van der Waals surface area contributed by atoms with Crippen LogP contribution in [-0.2, 0) is 0 Å². The molecule has 1 aromatic heterocycles. The van der Waals surface area contributed by atoms with Crippen LogP contribution < -0.4 is 15.0 Å². The molecule has 0 saturated heterocycles. The van der Waals surface area contributed by atoms with Crippen LogP contribution >= 0.6 is 0 Å². The first-order valence-electron chi connectivity index (χ1n) is 6.82. The van der Waals surface area contributed by atoms with Gasteiger partial charge in [-0.25, -0.2) is 9.97 Å². The lowest BCUT2D eigenvalue weighted by Crippen LogP contribution is -2.42. The van der Waals surface area contributed by atoms with Crippen molar-refractivity contribution in [1.82, 2.24) is 9.97 Å². The largest absolute Gasteiger partial charge is 0.490 e. The number of hydrogen-bond donors (Lipinski definition) is 2. The zero-order valence-electron chi connectivity index (χ0n) is 11.6. The van der Waals surface area contributed by atoms with Gasteiger partial charge in [-0.15, -0.1) is 0 Å². The lowest BCUT2D eigenvalue weighted by molar-refractivity contribution is 0.281. The van der Waals surface area contributed by atoms with Crippen molar-refractivity contribution in [1.29, 1.82) is 0 Å². The molecule has 1 aliphatic rings. The zero-order valence-corrected chi connectivity index (χ0v) is 11.6. The zero-order chi connectivity index (χ0) is 13.7. The lowest BCUT2D eigenvalue weighted by Gasteiger charge is -2.38. The molecule has 0 aromatic carbocycles. The van der Waals surface area contributed by atoms with Crippen LogP contribution in [0, 0.1) is 0 Å². The van der Waals surface area contributed by atoms with Gasteiger partial charge in [0.05, 0.1) is 13.7 Å². The summed E-state index contributed by atoms with van der Waals surface area (Å²) in [6, 6.07) is 0.449. The summed E-state index contributed by atoms with van der Waals surface area (Å²) in [5.41, 5.74) is 0. The Labute approximate surface area is 113 Å². The van der Waals surface area contributed by atoms with Crippen molar-refractivity contribution in [3.8, 4) is 5.75 Å². The molecule has 1 aliphatic carbocycles. The molecular weight excluding hydrogens is 244 g/mol. The highest BCUT2D eigenvalue weighted by atomic mass is 16.5. The standard InChI is InChI=1S/C13H22N4O2/c1-3-14-12-11(19-2)13(16-9-15-12)17(7-8-18)10-5-4-6-10/h9-10,18H,3-8H2,1-2H3,(H,14,15,16). The van der Waals surface area contributed by atoms with Gasteiger partial charge in [0.15, 0.2) is 11.6 Å². The van der Waals surface area contributed by atoms with E-state index < -0.39 is 0 Å². The maximum atomic E-state index is 9.26. The third kappa shape index (κ3) is 2.89. The minimum absolute atomic E-state index is 0.111. The average molecular weight is 266 g/mol. The van der Waals surface area contributed by atoms with E-state index in [1.165, 1.54) is 6.42 Å². The first-order valence-corrected chi connectivity index (χ1v) is 6.82. The lowest BCUT2D eigenvalue weighted by atomic mass is 9.91. The van der Waals surface area contributed by atoms with Gasteiger partial charge in [-0.1, -0.05) is 0 Å². The summed E-state index contributed by atoms with van der Waals surface area (Å²) in [7, 11) is 1.63. The summed E-state index contributed by atoms with van der Waals surface area (Å²) in [5.74, 6) is 2.13. The van der Waals surface area contributed by atoms with Crippen LogP contribution in [0.25, 0.3) is 0 Å². The van der Waals surface area contributed by atoms with E-state index in [9.17, 15) is 5.11 Å². The van der Waals surface area contributed by atoms with E-state index in [1.807, 2.05) is 6.92 Å². The number of nitrogens with zero attached hydrogens (tertiary/aromatic N) is 3. The van der Waals surface area contributed by atoms with Crippen LogP contribution in [0.3, 0.4) is 0 Å². The molecule has 1 saturated carbocycles. The smallest absolute Gasteiger partial charge is 0.204 e. The van der Waals surface area contributed by atoms with Crippen molar-refractivity contribution in [3.63, 3.8) is 0 Å².